The fourth-order valence-corrected chi connectivity index (χ4v) is 1.89. The van der Waals surface area contributed by atoms with Crippen molar-refractivity contribution in [3.63, 3.8) is 0 Å². The van der Waals surface area contributed by atoms with Crippen LogP contribution in [-0.2, 0) is 0 Å². The van der Waals surface area contributed by atoms with E-state index in [9.17, 15) is 19.3 Å². The lowest BCUT2D eigenvalue weighted by atomic mass is 10.1. The van der Waals surface area contributed by atoms with Crippen molar-refractivity contribution >= 4 is 17.3 Å². The molecule has 1 amide bonds. The van der Waals surface area contributed by atoms with E-state index in [1.165, 1.54) is 24.3 Å². The van der Waals surface area contributed by atoms with E-state index in [2.05, 4.69) is 5.32 Å². The van der Waals surface area contributed by atoms with E-state index >= 15 is 0 Å². The molecule has 0 saturated heterocycles. The molecule has 2 rings (SSSR count). The minimum absolute atomic E-state index is 0.130. The highest BCUT2D eigenvalue weighted by atomic mass is 19.1. The first kappa shape index (κ1) is 14.4. The summed E-state index contributed by atoms with van der Waals surface area (Å²) in [4.78, 5) is 22.4. The van der Waals surface area contributed by atoms with E-state index in [0.717, 1.165) is 6.07 Å². The largest absolute Gasteiger partial charge is 0.508 e. The number of halogens is 1. The SMILES string of the molecule is Cc1cccc([N+](=O)[O-])c1C(=O)Nc1ccc(O)cc1F. The van der Waals surface area contributed by atoms with Gasteiger partial charge in [-0.05, 0) is 24.6 Å². The lowest BCUT2D eigenvalue weighted by Gasteiger charge is -2.09. The van der Waals surface area contributed by atoms with Gasteiger partial charge in [0.1, 0.15) is 17.1 Å². The molecule has 0 radical (unpaired) electrons. The first-order valence-corrected chi connectivity index (χ1v) is 5.94. The summed E-state index contributed by atoms with van der Waals surface area (Å²) in [5, 5.41) is 22.3. The van der Waals surface area contributed by atoms with Crippen LogP contribution in [0.25, 0.3) is 0 Å². The Labute approximate surface area is 119 Å². The van der Waals surface area contributed by atoms with Crippen LogP contribution in [0.4, 0.5) is 15.8 Å². The molecule has 0 spiro atoms. The van der Waals surface area contributed by atoms with E-state index in [-0.39, 0.29) is 22.7 Å². The number of benzene rings is 2. The van der Waals surface area contributed by atoms with Crippen LogP contribution in [0.1, 0.15) is 15.9 Å². The fraction of sp³-hybridized carbons (Fsp3) is 0.0714. The Kier molecular flexibility index (Phi) is 3.84. The van der Waals surface area contributed by atoms with Gasteiger partial charge >= 0.3 is 0 Å². The number of carbonyl (C=O) groups excluding carboxylic acids is 1. The van der Waals surface area contributed by atoms with Crippen molar-refractivity contribution < 1.29 is 19.2 Å². The topological polar surface area (TPSA) is 92.5 Å². The van der Waals surface area contributed by atoms with Gasteiger partial charge in [0, 0.05) is 12.1 Å². The molecule has 0 aliphatic rings. The molecular formula is C14H11FN2O4. The summed E-state index contributed by atoms with van der Waals surface area (Å²) in [6.45, 7) is 1.55. The van der Waals surface area contributed by atoms with Crippen LogP contribution < -0.4 is 5.32 Å². The van der Waals surface area contributed by atoms with Gasteiger partial charge in [-0.3, -0.25) is 14.9 Å². The number of aryl methyl sites for hydroxylation is 1. The number of amides is 1. The summed E-state index contributed by atoms with van der Waals surface area (Å²) in [7, 11) is 0. The monoisotopic (exact) mass is 290 g/mol. The predicted molar refractivity (Wildman–Crippen MR) is 73.9 cm³/mol. The molecular weight excluding hydrogens is 279 g/mol. The fourth-order valence-electron chi connectivity index (χ4n) is 1.89. The van der Waals surface area contributed by atoms with Crippen molar-refractivity contribution in [2.75, 3.05) is 5.32 Å². The second-order valence-electron chi connectivity index (χ2n) is 4.34. The van der Waals surface area contributed by atoms with E-state index in [1.807, 2.05) is 0 Å². The zero-order valence-corrected chi connectivity index (χ0v) is 11.0. The molecule has 7 heteroatoms. The molecule has 0 bridgehead atoms. The molecule has 2 N–H and O–H groups in total. The maximum absolute atomic E-state index is 13.6. The molecule has 2 aromatic carbocycles. The van der Waals surface area contributed by atoms with Crippen molar-refractivity contribution in [2.24, 2.45) is 0 Å². The zero-order chi connectivity index (χ0) is 15.6. The van der Waals surface area contributed by atoms with Gasteiger partial charge < -0.3 is 10.4 Å². The quantitative estimate of drug-likeness (QED) is 0.516. The van der Waals surface area contributed by atoms with Gasteiger partial charge in [-0.25, -0.2) is 4.39 Å². The zero-order valence-electron chi connectivity index (χ0n) is 11.0. The highest BCUT2D eigenvalue weighted by Crippen LogP contribution is 2.25. The normalized spacial score (nSPS) is 10.2. The van der Waals surface area contributed by atoms with Gasteiger partial charge in [-0.2, -0.15) is 0 Å². The van der Waals surface area contributed by atoms with Gasteiger partial charge in [-0.1, -0.05) is 12.1 Å². The number of hydrogen-bond acceptors (Lipinski definition) is 4. The van der Waals surface area contributed by atoms with Crippen molar-refractivity contribution in [2.45, 2.75) is 6.92 Å². The van der Waals surface area contributed by atoms with Gasteiger partial charge in [0.25, 0.3) is 11.6 Å². The third-order valence-electron chi connectivity index (χ3n) is 2.88. The second kappa shape index (κ2) is 5.58. The van der Waals surface area contributed by atoms with Crippen molar-refractivity contribution in [3.05, 3.63) is 63.5 Å². The predicted octanol–water partition coefficient (Wildman–Crippen LogP) is 3.00. The molecule has 6 nitrogen and oxygen atoms in total. The van der Waals surface area contributed by atoms with Crippen LogP contribution in [0.3, 0.4) is 0 Å². The minimum Gasteiger partial charge on any atom is -0.508 e. The molecule has 2 aromatic rings. The number of nitrogens with zero attached hydrogens (tertiary/aromatic N) is 1. The maximum Gasteiger partial charge on any atom is 0.282 e. The first-order chi connectivity index (χ1) is 9.90. The summed E-state index contributed by atoms with van der Waals surface area (Å²) in [5.74, 6) is -1.91. The Morgan fingerprint density at radius 3 is 2.67 bits per heavy atom. The number of carbonyl (C=O) groups is 1. The molecule has 0 heterocycles. The average Bonchev–Trinajstić information content (AvgIpc) is 2.41. The van der Waals surface area contributed by atoms with Crippen LogP contribution in [0.15, 0.2) is 36.4 Å². The van der Waals surface area contributed by atoms with Crippen molar-refractivity contribution in [1.29, 1.82) is 0 Å². The Bertz CT molecular complexity index is 731. The molecule has 0 saturated carbocycles. The molecule has 0 aliphatic heterocycles. The van der Waals surface area contributed by atoms with Crippen molar-refractivity contribution in [3.8, 4) is 5.75 Å². The van der Waals surface area contributed by atoms with Crippen molar-refractivity contribution in [1.82, 2.24) is 0 Å². The Morgan fingerprint density at radius 1 is 1.33 bits per heavy atom. The molecule has 21 heavy (non-hydrogen) atoms. The number of hydrogen-bond donors (Lipinski definition) is 2. The van der Waals surface area contributed by atoms with E-state index in [1.54, 1.807) is 13.0 Å². The highest BCUT2D eigenvalue weighted by molar-refractivity contribution is 6.08. The van der Waals surface area contributed by atoms with E-state index in [0.29, 0.717) is 5.56 Å². The molecule has 0 aliphatic carbocycles. The Balaban J connectivity index is 2.39. The number of phenolic OH excluding ortho intramolecular Hbond substituents is 1. The first-order valence-electron chi connectivity index (χ1n) is 5.94. The third-order valence-corrected chi connectivity index (χ3v) is 2.88. The molecule has 0 atom stereocenters. The van der Waals surface area contributed by atoms with Crippen LogP contribution >= 0.6 is 0 Å². The summed E-state index contributed by atoms with van der Waals surface area (Å²) >= 11 is 0. The smallest absolute Gasteiger partial charge is 0.282 e. The number of phenols is 1. The van der Waals surface area contributed by atoms with Gasteiger partial charge in [0.15, 0.2) is 0 Å². The summed E-state index contributed by atoms with van der Waals surface area (Å²) in [6, 6.07) is 7.43. The van der Waals surface area contributed by atoms with Crippen LogP contribution in [-0.4, -0.2) is 15.9 Å². The van der Waals surface area contributed by atoms with E-state index < -0.39 is 16.6 Å². The van der Waals surface area contributed by atoms with Gasteiger partial charge in [-0.15, -0.1) is 0 Å². The Hall–Kier alpha value is -2.96. The van der Waals surface area contributed by atoms with Gasteiger partial charge in [0.05, 0.1) is 10.6 Å². The van der Waals surface area contributed by atoms with E-state index in [4.69, 9.17) is 5.11 Å². The number of aromatic hydroxyl groups is 1. The number of anilines is 1. The van der Waals surface area contributed by atoms with Crippen LogP contribution in [0, 0.1) is 22.9 Å². The number of nitro groups is 1. The molecule has 0 fully saturated rings. The highest BCUT2D eigenvalue weighted by Gasteiger charge is 2.22. The van der Waals surface area contributed by atoms with Gasteiger partial charge in [0.2, 0.25) is 0 Å². The summed E-state index contributed by atoms with van der Waals surface area (Å²) < 4.78 is 13.6. The molecule has 0 unspecified atom stereocenters. The molecule has 0 aromatic heterocycles. The number of nitro benzene ring substituents is 1. The summed E-state index contributed by atoms with van der Waals surface area (Å²) in [6.07, 6.45) is 0. The Morgan fingerprint density at radius 2 is 2.05 bits per heavy atom. The van der Waals surface area contributed by atoms with Crippen LogP contribution in [0.5, 0.6) is 5.75 Å². The lowest BCUT2D eigenvalue weighted by molar-refractivity contribution is -0.385. The molecule has 108 valence electrons. The summed E-state index contributed by atoms with van der Waals surface area (Å²) in [5.41, 5.74) is -0.252. The average molecular weight is 290 g/mol. The second-order valence-corrected chi connectivity index (χ2v) is 4.34. The minimum atomic E-state index is -0.834. The lowest BCUT2D eigenvalue weighted by Crippen LogP contribution is -2.16. The van der Waals surface area contributed by atoms with Crippen LogP contribution in [0.2, 0.25) is 0 Å². The third kappa shape index (κ3) is 2.97. The number of nitrogens with one attached hydrogen (secondary N) is 1. The number of rotatable bonds is 3. The maximum atomic E-state index is 13.6. The standard InChI is InChI=1S/C14H11FN2O4/c1-8-3-2-4-12(17(20)21)13(8)14(19)16-11-6-5-9(18)7-10(11)15/h2-7,18H,1H3,(H,16,19).